The maximum Gasteiger partial charge on any atom is 0.107 e. The molecule has 0 unspecified atom stereocenters. The molecule has 1 aromatic carbocycles. The Morgan fingerprint density at radius 2 is 2.00 bits per heavy atom. The van der Waals surface area contributed by atoms with E-state index in [1.807, 2.05) is 11.8 Å². The summed E-state index contributed by atoms with van der Waals surface area (Å²) in [5.41, 5.74) is 8.01. The molecule has 116 valence electrons. The van der Waals surface area contributed by atoms with Crippen molar-refractivity contribution >= 4 is 46.4 Å². The van der Waals surface area contributed by atoms with Gasteiger partial charge < -0.3 is 11.1 Å². The van der Waals surface area contributed by atoms with E-state index in [-0.39, 0.29) is 0 Å². The summed E-state index contributed by atoms with van der Waals surface area (Å²) < 4.78 is 0.362. The zero-order valence-corrected chi connectivity index (χ0v) is 15.2. The van der Waals surface area contributed by atoms with Crippen molar-refractivity contribution in [1.82, 2.24) is 0 Å². The van der Waals surface area contributed by atoms with Gasteiger partial charge in [0.1, 0.15) is 4.99 Å². The molecule has 5 heteroatoms. The van der Waals surface area contributed by atoms with Gasteiger partial charge >= 0.3 is 0 Å². The molecule has 1 aliphatic rings. The number of benzene rings is 1. The third kappa shape index (κ3) is 4.08. The van der Waals surface area contributed by atoms with E-state index in [1.54, 1.807) is 11.8 Å². The predicted octanol–water partition coefficient (Wildman–Crippen LogP) is 4.52. The van der Waals surface area contributed by atoms with Crippen LogP contribution in [0.1, 0.15) is 37.7 Å². The highest BCUT2D eigenvalue weighted by Crippen LogP contribution is 2.39. The lowest BCUT2D eigenvalue weighted by molar-refractivity contribution is 0.411. The van der Waals surface area contributed by atoms with Gasteiger partial charge in [0.25, 0.3) is 0 Å². The molecule has 0 radical (unpaired) electrons. The van der Waals surface area contributed by atoms with E-state index in [0.717, 1.165) is 22.7 Å². The second kappa shape index (κ2) is 7.75. The molecule has 0 spiro atoms. The van der Waals surface area contributed by atoms with Crippen molar-refractivity contribution in [3.63, 3.8) is 0 Å². The van der Waals surface area contributed by atoms with E-state index in [1.165, 1.54) is 32.1 Å². The first-order valence-corrected chi connectivity index (χ1v) is 10.2. The normalized spacial score (nSPS) is 17.4. The summed E-state index contributed by atoms with van der Waals surface area (Å²) in [4.78, 5) is 1.62. The van der Waals surface area contributed by atoms with E-state index < -0.39 is 0 Å². The first-order chi connectivity index (χ1) is 10.1. The highest BCUT2D eigenvalue weighted by Gasteiger charge is 2.31. The highest BCUT2D eigenvalue weighted by molar-refractivity contribution is 8.00. The zero-order valence-electron chi connectivity index (χ0n) is 12.8. The minimum Gasteiger partial charge on any atom is -0.389 e. The molecule has 3 N–H and O–H groups in total. The molecule has 0 aromatic heterocycles. The highest BCUT2D eigenvalue weighted by atomic mass is 32.2. The molecular formula is C16H24N2S3. The summed E-state index contributed by atoms with van der Waals surface area (Å²) in [7, 11) is 0. The van der Waals surface area contributed by atoms with Crippen LogP contribution in [-0.2, 0) is 0 Å². The van der Waals surface area contributed by atoms with Crippen LogP contribution in [0, 0.1) is 0 Å². The van der Waals surface area contributed by atoms with Gasteiger partial charge in [-0.1, -0.05) is 37.5 Å². The van der Waals surface area contributed by atoms with Gasteiger partial charge in [-0.15, -0.1) is 11.8 Å². The van der Waals surface area contributed by atoms with Crippen molar-refractivity contribution in [2.75, 3.05) is 24.4 Å². The number of anilines is 1. The first kappa shape index (κ1) is 17.0. The fourth-order valence-corrected chi connectivity index (χ4v) is 4.84. The molecule has 1 fully saturated rings. The van der Waals surface area contributed by atoms with E-state index in [4.69, 9.17) is 18.0 Å². The minimum absolute atomic E-state index is 0.362. The SMILES string of the molecule is CSc1cccc(NCC2(SC)CCCCC2)c1C(N)=S. The fourth-order valence-electron chi connectivity index (χ4n) is 3.01. The van der Waals surface area contributed by atoms with E-state index in [0.29, 0.717) is 9.74 Å². The van der Waals surface area contributed by atoms with E-state index >= 15 is 0 Å². The standard InChI is InChI=1S/C16H24N2S3/c1-20-13-8-6-7-12(14(13)15(17)19)18-11-16(21-2)9-4-3-5-10-16/h6-8,18H,3-5,9-11H2,1-2H3,(H2,17,19). The van der Waals surface area contributed by atoms with Crippen LogP contribution in [0.15, 0.2) is 23.1 Å². The Balaban J connectivity index is 2.17. The van der Waals surface area contributed by atoms with Crippen LogP contribution in [0.4, 0.5) is 5.69 Å². The summed E-state index contributed by atoms with van der Waals surface area (Å²) in [6, 6.07) is 6.24. The van der Waals surface area contributed by atoms with E-state index in [9.17, 15) is 0 Å². The molecule has 2 rings (SSSR count). The van der Waals surface area contributed by atoms with Gasteiger partial charge in [-0.2, -0.15) is 11.8 Å². The summed E-state index contributed by atoms with van der Waals surface area (Å²) in [6.07, 6.45) is 11.0. The van der Waals surface area contributed by atoms with Crippen molar-refractivity contribution in [2.24, 2.45) is 5.73 Å². The number of hydrogen-bond donors (Lipinski definition) is 2. The maximum atomic E-state index is 5.94. The van der Waals surface area contributed by atoms with Crippen molar-refractivity contribution < 1.29 is 0 Å². The lowest BCUT2D eigenvalue weighted by Crippen LogP contribution is -2.36. The van der Waals surface area contributed by atoms with Crippen LogP contribution >= 0.6 is 35.7 Å². The van der Waals surface area contributed by atoms with Crippen molar-refractivity contribution in [2.45, 2.75) is 41.7 Å². The number of nitrogens with one attached hydrogen (secondary N) is 1. The molecule has 0 heterocycles. The maximum absolute atomic E-state index is 5.94. The molecule has 0 saturated heterocycles. The number of rotatable bonds is 6. The Morgan fingerprint density at radius 1 is 1.29 bits per heavy atom. The molecule has 2 nitrogen and oxygen atoms in total. The quantitative estimate of drug-likeness (QED) is 0.588. The van der Waals surface area contributed by atoms with Gasteiger partial charge in [0.15, 0.2) is 0 Å². The van der Waals surface area contributed by atoms with Crippen LogP contribution in [0.5, 0.6) is 0 Å². The van der Waals surface area contributed by atoms with Gasteiger partial charge in [0, 0.05) is 27.4 Å². The Morgan fingerprint density at radius 3 is 2.57 bits per heavy atom. The molecule has 21 heavy (non-hydrogen) atoms. The minimum atomic E-state index is 0.362. The summed E-state index contributed by atoms with van der Waals surface area (Å²) in [6.45, 7) is 0.988. The smallest absolute Gasteiger partial charge is 0.107 e. The fraction of sp³-hybridized carbons (Fsp3) is 0.562. The Bertz CT molecular complexity index is 496. The van der Waals surface area contributed by atoms with Gasteiger partial charge in [-0.05, 0) is 37.5 Å². The van der Waals surface area contributed by atoms with Crippen LogP contribution in [-0.4, -0.2) is 28.8 Å². The number of thioether (sulfide) groups is 2. The predicted molar refractivity (Wildman–Crippen MR) is 102 cm³/mol. The molecule has 0 amide bonds. The van der Waals surface area contributed by atoms with Crippen LogP contribution in [0.25, 0.3) is 0 Å². The summed E-state index contributed by atoms with van der Waals surface area (Å²) in [5, 5.41) is 3.63. The third-order valence-electron chi connectivity index (χ3n) is 4.29. The van der Waals surface area contributed by atoms with Crippen LogP contribution in [0.2, 0.25) is 0 Å². The largest absolute Gasteiger partial charge is 0.389 e. The van der Waals surface area contributed by atoms with Gasteiger partial charge in [0.2, 0.25) is 0 Å². The number of thiocarbonyl (C=S) groups is 1. The lowest BCUT2D eigenvalue weighted by atomic mass is 9.88. The van der Waals surface area contributed by atoms with Crippen molar-refractivity contribution in [1.29, 1.82) is 0 Å². The molecular weight excluding hydrogens is 316 g/mol. The molecule has 1 aliphatic carbocycles. The average Bonchev–Trinajstić information content (AvgIpc) is 2.53. The van der Waals surface area contributed by atoms with Crippen LogP contribution < -0.4 is 11.1 Å². The second-order valence-electron chi connectivity index (χ2n) is 5.55. The molecule has 1 aromatic rings. The Hall–Kier alpha value is -0.390. The second-order valence-corrected chi connectivity index (χ2v) is 8.11. The third-order valence-corrected chi connectivity index (χ3v) is 6.69. The summed E-state index contributed by atoms with van der Waals surface area (Å²) in [5.74, 6) is 0. The van der Waals surface area contributed by atoms with Crippen LogP contribution in [0.3, 0.4) is 0 Å². The van der Waals surface area contributed by atoms with Gasteiger partial charge in [-0.25, -0.2) is 0 Å². The Labute approximate surface area is 142 Å². The number of hydrogen-bond acceptors (Lipinski definition) is 4. The topological polar surface area (TPSA) is 38.0 Å². The Kier molecular flexibility index (Phi) is 6.26. The molecule has 0 aliphatic heterocycles. The van der Waals surface area contributed by atoms with Crippen molar-refractivity contribution in [3.05, 3.63) is 23.8 Å². The first-order valence-electron chi connectivity index (χ1n) is 7.38. The monoisotopic (exact) mass is 340 g/mol. The van der Waals surface area contributed by atoms with Gasteiger partial charge in [-0.3, -0.25) is 0 Å². The molecule has 1 saturated carbocycles. The summed E-state index contributed by atoms with van der Waals surface area (Å²) >= 11 is 8.95. The zero-order chi connectivity index (χ0) is 15.3. The number of nitrogens with two attached hydrogens (primary N) is 1. The van der Waals surface area contributed by atoms with Crippen molar-refractivity contribution in [3.8, 4) is 0 Å². The van der Waals surface area contributed by atoms with E-state index in [2.05, 4.69) is 36.0 Å². The molecule has 0 atom stereocenters. The van der Waals surface area contributed by atoms with Gasteiger partial charge in [0.05, 0.1) is 0 Å². The molecule has 0 bridgehead atoms. The lowest BCUT2D eigenvalue weighted by Gasteiger charge is -2.36. The average molecular weight is 341 g/mol.